The molecule has 7 heteroatoms. The van der Waals surface area contributed by atoms with E-state index in [9.17, 15) is 22.7 Å². The van der Waals surface area contributed by atoms with Crippen molar-refractivity contribution in [1.29, 1.82) is 0 Å². The van der Waals surface area contributed by atoms with Gasteiger partial charge in [0.15, 0.2) is 0 Å². The molecule has 1 N–H and O–H groups in total. The van der Waals surface area contributed by atoms with Gasteiger partial charge in [-0.2, -0.15) is 18.3 Å². The third kappa shape index (κ3) is 3.68. The number of nitrogens with zero attached hydrogens (tertiary/aromatic N) is 2. The van der Waals surface area contributed by atoms with Crippen LogP contribution in [0.15, 0.2) is 72.9 Å². The van der Waals surface area contributed by atoms with Crippen LogP contribution in [0.5, 0.6) is 0 Å². The number of hydrogen-bond acceptors (Lipinski definition) is 2. The maximum absolute atomic E-state index is 14.1. The van der Waals surface area contributed by atoms with E-state index in [2.05, 4.69) is 5.10 Å². The molecular weight excluding hydrogens is 396 g/mol. The van der Waals surface area contributed by atoms with Crippen molar-refractivity contribution < 1.29 is 22.7 Å². The van der Waals surface area contributed by atoms with Crippen molar-refractivity contribution in [3.63, 3.8) is 0 Å². The van der Waals surface area contributed by atoms with E-state index in [4.69, 9.17) is 0 Å². The molecule has 0 radical (unpaired) electrons. The maximum Gasteiger partial charge on any atom is 0.392 e. The van der Waals surface area contributed by atoms with Gasteiger partial charge in [-0.25, -0.2) is 9.07 Å². The van der Waals surface area contributed by atoms with Gasteiger partial charge in [-0.15, -0.1) is 0 Å². The fraction of sp³-hybridized carbons (Fsp3) is 0.174. The summed E-state index contributed by atoms with van der Waals surface area (Å²) < 4.78 is 55.9. The van der Waals surface area contributed by atoms with Gasteiger partial charge in [-0.3, -0.25) is 0 Å². The zero-order chi connectivity index (χ0) is 21.5. The number of benzene rings is 3. The molecule has 0 bridgehead atoms. The summed E-state index contributed by atoms with van der Waals surface area (Å²) in [6, 6.07) is 17.4. The number of hydrogen-bond donors (Lipinski definition) is 1. The highest BCUT2D eigenvalue weighted by molar-refractivity contribution is 5.81. The summed E-state index contributed by atoms with van der Waals surface area (Å²) in [7, 11) is 0. The molecule has 3 aromatic carbocycles. The van der Waals surface area contributed by atoms with Crippen molar-refractivity contribution in [3.8, 4) is 5.69 Å². The summed E-state index contributed by atoms with van der Waals surface area (Å²) >= 11 is 0. The van der Waals surface area contributed by atoms with Crippen LogP contribution in [-0.4, -0.2) is 21.1 Å². The number of rotatable bonds is 4. The van der Waals surface area contributed by atoms with Crippen LogP contribution in [0.1, 0.15) is 23.1 Å². The largest absolute Gasteiger partial charge is 0.392 e. The normalized spacial score (nSPS) is 14.1. The van der Waals surface area contributed by atoms with Gasteiger partial charge in [0.05, 0.1) is 23.8 Å². The molecule has 0 saturated carbocycles. The van der Waals surface area contributed by atoms with Crippen molar-refractivity contribution in [2.24, 2.45) is 0 Å². The summed E-state index contributed by atoms with van der Waals surface area (Å²) in [6.07, 6.45) is -4.68. The van der Waals surface area contributed by atoms with Crippen molar-refractivity contribution in [1.82, 2.24) is 9.78 Å². The van der Waals surface area contributed by atoms with E-state index in [0.717, 1.165) is 11.8 Å². The fourth-order valence-corrected chi connectivity index (χ4v) is 3.58. The molecule has 1 atom stereocenters. The molecule has 4 rings (SSSR count). The van der Waals surface area contributed by atoms with Gasteiger partial charge in [0.2, 0.25) is 0 Å². The van der Waals surface area contributed by atoms with E-state index < -0.39 is 24.0 Å². The van der Waals surface area contributed by atoms with Crippen LogP contribution in [0.2, 0.25) is 0 Å². The second kappa shape index (κ2) is 7.25. The third-order valence-corrected chi connectivity index (χ3v) is 5.15. The Bertz CT molecular complexity index is 1200. The first-order valence-electron chi connectivity index (χ1n) is 9.27. The Balaban J connectivity index is 1.85. The number of alkyl halides is 3. The first-order valence-corrected chi connectivity index (χ1v) is 9.27. The highest BCUT2D eigenvalue weighted by atomic mass is 19.4. The van der Waals surface area contributed by atoms with Gasteiger partial charge < -0.3 is 5.11 Å². The molecule has 1 aromatic heterocycles. The van der Waals surface area contributed by atoms with Crippen LogP contribution in [0.4, 0.5) is 17.6 Å². The average Bonchev–Trinajstić information content (AvgIpc) is 3.12. The van der Waals surface area contributed by atoms with Crippen LogP contribution >= 0.6 is 0 Å². The number of aromatic nitrogens is 2. The minimum Gasteiger partial charge on any atom is -0.380 e. The molecule has 0 spiro atoms. The molecule has 0 aliphatic carbocycles. The van der Waals surface area contributed by atoms with E-state index in [1.807, 2.05) is 30.3 Å². The molecule has 30 heavy (non-hydrogen) atoms. The highest BCUT2D eigenvalue weighted by Crippen LogP contribution is 2.41. The molecule has 0 aliphatic rings. The molecule has 4 aromatic rings. The van der Waals surface area contributed by atoms with E-state index >= 15 is 0 Å². The number of aryl methyl sites for hydroxylation is 1. The van der Waals surface area contributed by atoms with Crippen LogP contribution in [0.3, 0.4) is 0 Å². The molecule has 1 heterocycles. The first-order chi connectivity index (χ1) is 14.2. The minimum absolute atomic E-state index is 0.0168. The summed E-state index contributed by atoms with van der Waals surface area (Å²) in [5.74, 6) is -0.675. The second-order valence-electron chi connectivity index (χ2n) is 7.28. The summed E-state index contributed by atoms with van der Waals surface area (Å²) in [5.41, 5.74) is -0.815. The van der Waals surface area contributed by atoms with Crippen LogP contribution < -0.4 is 0 Å². The van der Waals surface area contributed by atoms with Crippen molar-refractivity contribution in [3.05, 3.63) is 95.4 Å². The van der Waals surface area contributed by atoms with Gasteiger partial charge in [0.1, 0.15) is 11.4 Å². The monoisotopic (exact) mass is 414 g/mol. The summed E-state index contributed by atoms with van der Waals surface area (Å²) in [4.78, 5) is 0. The fourth-order valence-electron chi connectivity index (χ4n) is 3.58. The topological polar surface area (TPSA) is 38.1 Å². The van der Waals surface area contributed by atoms with Gasteiger partial charge >= 0.3 is 6.18 Å². The lowest BCUT2D eigenvalue weighted by Crippen LogP contribution is -2.33. The number of aliphatic hydroxyl groups is 1. The Morgan fingerprint density at radius 1 is 0.933 bits per heavy atom. The molecule has 3 nitrogen and oxygen atoms in total. The average molecular weight is 414 g/mol. The molecule has 0 aliphatic heterocycles. The Morgan fingerprint density at radius 2 is 1.60 bits per heavy atom. The molecule has 0 saturated heterocycles. The van der Waals surface area contributed by atoms with Gasteiger partial charge in [-0.1, -0.05) is 36.4 Å². The van der Waals surface area contributed by atoms with E-state index in [1.165, 1.54) is 37.4 Å². The van der Waals surface area contributed by atoms with E-state index in [-0.39, 0.29) is 16.7 Å². The van der Waals surface area contributed by atoms with Crippen LogP contribution in [0.25, 0.3) is 16.6 Å². The zero-order valence-electron chi connectivity index (χ0n) is 16.0. The SMILES string of the molecule is Cc1ccc(C(O)(CC(F)(F)F)c2ccc3c(cnn3-c3ccccc3)c2)cc1F. The molecule has 1 unspecified atom stereocenters. The second-order valence-corrected chi connectivity index (χ2v) is 7.28. The third-order valence-electron chi connectivity index (χ3n) is 5.15. The van der Waals surface area contributed by atoms with Crippen molar-refractivity contribution >= 4 is 10.9 Å². The zero-order valence-corrected chi connectivity index (χ0v) is 16.0. The van der Waals surface area contributed by atoms with Crippen molar-refractivity contribution in [2.45, 2.75) is 25.1 Å². The lowest BCUT2D eigenvalue weighted by Gasteiger charge is -2.30. The molecule has 0 amide bonds. The standard InChI is InChI=1S/C23H18F4N2O/c1-15-7-8-18(12-20(15)24)22(30,14-23(25,26)27)17-9-10-21-16(11-17)13-28-29(21)19-5-3-2-4-6-19/h2-13,30H,14H2,1H3. The van der Waals surface area contributed by atoms with Gasteiger partial charge in [0.25, 0.3) is 0 Å². The smallest absolute Gasteiger partial charge is 0.380 e. The number of fused-ring (bicyclic) bond motifs is 1. The maximum atomic E-state index is 14.1. The Labute approximate surface area is 170 Å². The summed E-state index contributed by atoms with van der Waals surface area (Å²) in [5, 5.41) is 16.0. The van der Waals surface area contributed by atoms with Gasteiger partial charge in [-0.05, 0) is 53.9 Å². The van der Waals surface area contributed by atoms with Crippen molar-refractivity contribution in [2.75, 3.05) is 0 Å². The lowest BCUT2D eigenvalue weighted by molar-refractivity contribution is -0.169. The Hall–Kier alpha value is -3.19. The predicted octanol–water partition coefficient (Wildman–Crippen LogP) is 5.66. The molecule has 154 valence electrons. The quantitative estimate of drug-likeness (QED) is 0.438. The number of halogens is 4. The molecule has 0 fully saturated rings. The Kier molecular flexibility index (Phi) is 4.86. The predicted molar refractivity (Wildman–Crippen MR) is 106 cm³/mol. The van der Waals surface area contributed by atoms with E-state index in [1.54, 1.807) is 10.7 Å². The van der Waals surface area contributed by atoms with Crippen LogP contribution in [-0.2, 0) is 5.60 Å². The lowest BCUT2D eigenvalue weighted by atomic mass is 9.82. The molecular formula is C23H18F4N2O. The highest BCUT2D eigenvalue weighted by Gasteiger charge is 2.44. The minimum atomic E-state index is -4.67. The summed E-state index contributed by atoms with van der Waals surface area (Å²) in [6.45, 7) is 1.51. The number of para-hydroxylation sites is 1. The first kappa shape index (κ1) is 20.1. The van der Waals surface area contributed by atoms with Crippen LogP contribution in [0, 0.1) is 12.7 Å². The Morgan fingerprint density at radius 3 is 2.27 bits per heavy atom. The van der Waals surface area contributed by atoms with E-state index in [0.29, 0.717) is 10.9 Å². The van der Waals surface area contributed by atoms with Gasteiger partial charge in [0, 0.05) is 5.39 Å².